The lowest BCUT2D eigenvalue weighted by atomic mass is 10.1. The Hall–Kier alpha value is -2.25. The summed E-state index contributed by atoms with van der Waals surface area (Å²) in [6.07, 6.45) is 1.16. The third-order valence-electron chi connectivity index (χ3n) is 4.28. The number of amides is 1. The van der Waals surface area contributed by atoms with E-state index in [1.165, 1.54) is 6.07 Å². The zero-order valence-corrected chi connectivity index (χ0v) is 15.9. The Morgan fingerprint density at radius 2 is 1.77 bits per heavy atom. The lowest BCUT2D eigenvalue weighted by molar-refractivity contribution is -0.122. The highest BCUT2D eigenvalue weighted by molar-refractivity contribution is 7.90. The molecular weight excluding hydrogens is 355 g/mol. The molecule has 0 spiro atoms. The van der Waals surface area contributed by atoms with Crippen LogP contribution in [-0.2, 0) is 21.2 Å². The summed E-state index contributed by atoms with van der Waals surface area (Å²) in [6, 6.07) is 12.8. The van der Waals surface area contributed by atoms with Gasteiger partial charge in [0, 0.05) is 24.4 Å². The Labute approximate surface area is 153 Å². The Balaban J connectivity index is 1.92. The number of sulfone groups is 1. The number of halogens is 1. The third-order valence-corrected chi connectivity index (χ3v) is 5.41. The first-order valence-electron chi connectivity index (χ1n) is 8.19. The summed E-state index contributed by atoms with van der Waals surface area (Å²) in [4.78, 5) is 14.2. The fourth-order valence-electron chi connectivity index (χ4n) is 2.50. The number of likely N-dealkylation sites (N-methyl/N-ethyl adjacent to an activating group) is 1. The Morgan fingerprint density at radius 1 is 1.15 bits per heavy atom. The first-order valence-corrected chi connectivity index (χ1v) is 10.1. The molecule has 26 heavy (non-hydrogen) atoms. The summed E-state index contributed by atoms with van der Waals surface area (Å²) in [5, 5.41) is 2.71. The maximum absolute atomic E-state index is 13.6. The topological polar surface area (TPSA) is 66.5 Å². The van der Waals surface area contributed by atoms with Crippen molar-refractivity contribution in [2.75, 3.05) is 19.8 Å². The monoisotopic (exact) mass is 378 g/mol. The number of hydrogen-bond donors (Lipinski definition) is 1. The van der Waals surface area contributed by atoms with Gasteiger partial charge in [-0.1, -0.05) is 30.3 Å². The predicted octanol–water partition coefficient (Wildman–Crippen LogP) is 2.54. The lowest BCUT2D eigenvalue weighted by Crippen LogP contribution is -2.36. The molecule has 2 aromatic rings. The van der Waals surface area contributed by atoms with Crippen LogP contribution < -0.4 is 5.32 Å². The van der Waals surface area contributed by atoms with Crippen molar-refractivity contribution in [2.24, 2.45) is 0 Å². The molecule has 0 saturated heterocycles. The van der Waals surface area contributed by atoms with E-state index >= 15 is 0 Å². The van der Waals surface area contributed by atoms with Crippen LogP contribution in [-0.4, -0.2) is 39.1 Å². The van der Waals surface area contributed by atoms with E-state index in [4.69, 9.17) is 0 Å². The molecule has 0 aliphatic carbocycles. The summed E-state index contributed by atoms with van der Waals surface area (Å²) in [5.41, 5.74) is 1.34. The molecule has 140 valence electrons. The van der Waals surface area contributed by atoms with Crippen molar-refractivity contribution < 1.29 is 17.6 Å². The molecule has 1 unspecified atom stereocenters. The van der Waals surface area contributed by atoms with Crippen molar-refractivity contribution >= 4 is 15.7 Å². The highest BCUT2D eigenvalue weighted by atomic mass is 32.2. The van der Waals surface area contributed by atoms with Crippen molar-refractivity contribution in [1.82, 2.24) is 10.2 Å². The molecule has 2 rings (SSSR count). The molecule has 0 aromatic heterocycles. The number of carbonyl (C=O) groups excluding carboxylic acids is 1. The molecule has 0 saturated carbocycles. The van der Waals surface area contributed by atoms with Gasteiger partial charge < -0.3 is 5.32 Å². The van der Waals surface area contributed by atoms with Gasteiger partial charge in [-0.05, 0) is 37.7 Å². The van der Waals surface area contributed by atoms with E-state index in [-0.39, 0.29) is 35.8 Å². The van der Waals surface area contributed by atoms with Gasteiger partial charge in [0.15, 0.2) is 9.84 Å². The van der Waals surface area contributed by atoms with E-state index < -0.39 is 9.84 Å². The molecule has 0 heterocycles. The van der Waals surface area contributed by atoms with Crippen LogP contribution in [0.4, 0.5) is 4.39 Å². The van der Waals surface area contributed by atoms with E-state index in [0.29, 0.717) is 5.56 Å². The number of nitrogens with zero attached hydrogens (tertiary/aromatic N) is 1. The van der Waals surface area contributed by atoms with Crippen LogP contribution in [0, 0.1) is 5.82 Å². The number of hydrogen-bond acceptors (Lipinski definition) is 4. The van der Waals surface area contributed by atoms with Gasteiger partial charge >= 0.3 is 0 Å². The lowest BCUT2D eigenvalue weighted by Gasteiger charge is -2.24. The van der Waals surface area contributed by atoms with Gasteiger partial charge in [-0.2, -0.15) is 0 Å². The maximum Gasteiger partial charge on any atom is 0.234 e. The fraction of sp³-hybridized carbons (Fsp3) is 0.316. The summed E-state index contributed by atoms with van der Waals surface area (Å²) in [5.74, 6) is -0.559. The van der Waals surface area contributed by atoms with Crippen molar-refractivity contribution in [3.8, 4) is 0 Å². The SMILES string of the molecule is CC(c1ccc(S(C)(=O)=O)cc1)N(C)CC(=O)NCc1ccccc1F. The van der Waals surface area contributed by atoms with Crippen molar-refractivity contribution in [2.45, 2.75) is 24.4 Å². The van der Waals surface area contributed by atoms with Crippen LogP contribution in [0.25, 0.3) is 0 Å². The number of rotatable bonds is 7. The highest BCUT2D eigenvalue weighted by Crippen LogP contribution is 2.20. The largest absolute Gasteiger partial charge is 0.351 e. The molecule has 1 N–H and O–H groups in total. The van der Waals surface area contributed by atoms with E-state index in [1.54, 1.807) is 49.5 Å². The minimum atomic E-state index is -3.23. The van der Waals surface area contributed by atoms with Gasteiger partial charge in [-0.15, -0.1) is 0 Å². The van der Waals surface area contributed by atoms with E-state index in [1.807, 2.05) is 11.8 Å². The molecule has 1 atom stereocenters. The maximum atomic E-state index is 13.6. The van der Waals surface area contributed by atoms with Gasteiger partial charge in [0.2, 0.25) is 5.91 Å². The molecule has 0 aliphatic heterocycles. The van der Waals surface area contributed by atoms with Crippen molar-refractivity contribution in [3.05, 3.63) is 65.5 Å². The van der Waals surface area contributed by atoms with Gasteiger partial charge in [-0.3, -0.25) is 9.69 Å². The molecule has 0 radical (unpaired) electrons. The van der Waals surface area contributed by atoms with Crippen LogP contribution in [0.3, 0.4) is 0 Å². The van der Waals surface area contributed by atoms with Crippen LogP contribution >= 0.6 is 0 Å². The average Bonchev–Trinajstić information content (AvgIpc) is 2.59. The minimum absolute atomic E-state index is 0.0807. The zero-order chi connectivity index (χ0) is 19.3. The smallest absolute Gasteiger partial charge is 0.234 e. The number of benzene rings is 2. The Morgan fingerprint density at radius 3 is 2.35 bits per heavy atom. The quantitative estimate of drug-likeness (QED) is 0.804. The summed E-state index contributed by atoms with van der Waals surface area (Å²) in [6.45, 7) is 2.21. The molecule has 7 heteroatoms. The zero-order valence-electron chi connectivity index (χ0n) is 15.1. The van der Waals surface area contributed by atoms with Crippen LogP contribution in [0.5, 0.6) is 0 Å². The Bertz CT molecular complexity index is 867. The predicted molar refractivity (Wildman–Crippen MR) is 98.8 cm³/mol. The number of carbonyl (C=O) groups is 1. The first-order chi connectivity index (χ1) is 12.2. The van der Waals surface area contributed by atoms with Gasteiger partial charge in [0.05, 0.1) is 11.4 Å². The summed E-state index contributed by atoms with van der Waals surface area (Å²) >= 11 is 0. The van der Waals surface area contributed by atoms with Gasteiger partial charge in [-0.25, -0.2) is 12.8 Å². The second-order valence-corrected chi connectivity index (χ2v) is 8.32. The normalized spacial score (nSPS) is 12.8. The minimum Gasteiger partial charge on any atom is -0.351 e. The first kappa shape index (κ1) is 20.1. The van der Waals surface area contributed by atoms with Crippen LogP contribution in [0.2, 0.25) is 0 Å². The third kappa shape index (κ3) is 5.37. The Kier molecular flexibility index (Phi) is 6.50. The molecule has 0 aliphatic rings. The highest BCUT2D eigenvalue weighted by Gasteiger charge is 2.16. The molecule has 0 fully saturated rings. The van der Waals surface area contributed by atoms with Gasteiger partial charge in [0.25, 0.3) is 0 Å². The fourth-order valence-corrected chi connectivity index (χ4v) is 3.13. The van der Waals surface area contributed by atoms with Crippen LogP contribution in [0.15, 0.2) is 53.4 Å². The molecule has 2 aromatic carbocycles. The molecule has 1 amide bonds. The molecular formula is C19H23FN2O3S. The second kappa shape index (κ2) is 8.42. The van der Waals surface area contributed by atoms with Crippen LogP contribution in [0.1, 0.15) is 24.1 Å². The van der Waals surface area contributed by atoms with Crippen molar-refractivity contribution in [1.29, 1.82) is 0 Å². The summed E-state index contributed by atoms with van der Waals surface area (Å²) in [7, 11) is -1.43. The average molecular weight is 378 g/mol. The summed E-state index contributed by atoms with van der Waals surface area (Å²) < 4.78 is 36.6. The molecule has 5 nitrogen and oxygen atoms in total. The van der Waals surface area contributed by atoms with E-state index in [0.717, 1.165) is 11.8 Å². The van der Waals surface area contributed by atoms with Gasteiger partial charge in [0.1, 0.15) is 5.82 Å². The van der Waals surface area contributed by atoms with E-state index in [9.17, 15) is 17.6 Å². The molecule has 0 bridgehead atoms. The standard InChI is InChI=1S/C19H23FN2O3S/c1-14(15-8-10-17(11-9-15)26(3,24)25)22(2)13-19(23)21-12-16-6-4-5-7-18(16)20/h4-11,14H,12-13H2,1-3H3,(H,21,23). The second-order valence-electron chi connectivity index (χ2n) is 6.30. The van der Waals surface area contributed by atoms with E-state index in [2.05, 4.69) is 5.32 Å². The number of nitrogens with one attached hydrogen (secondary N) is 1. The van der Waals surface area contributed by atoms with Crippen molar-refractivity contribution in [3.63, 3.8) is 0 Å².